The maximum Gasteiger partial charge on any atom is 0.273 e. The molecule has 3 heterocycles. The van der Waals surface area contributed by atoms with Crippen molar-refractivity contribution >= 4 is 34.0 Å². The molecule has 2 aromatic heterocycles. The molecule has 0 spiro atoms. The Labute approximate surface area is 171 Å². The summed E-state index contributed by atoms with van der Waals surface area (Å²) in [6.07, 6.45) is 0.732. The molecule has 2 atom stereocenters. The zero-order valence-corrected chi connectivity index (χ0v) is 16.4. The second-order valence-electron chi connectivity index (χ2n) is 6.67. The number of hydrogen-bond donors (Lipinski definition) is 4. The van der Waals surface area contributed by atoms with Crippen molar-refractivity contribution in [2.75, 3.05) is 23.8 Å². The molecule has 1 aliphatic heterocycles. The van der Waals surface area contributed by atoms with Gasteiger partial charge in [0.05, 0.1) is 11.6 Å². The van der Waals surface area contributed by atoms with Gasteiger partial charge in [-0.3, -0.25) is 4.79 Å². The van der Waals surface area contributed by atoms with E-state index in [4.69, 9.17) is 16.2 Å². The van der Waals surface area contributed by atoms with E-state index < -0.39 is 5.91 Å². The number of amides is 1. The molecule has 0 aliphatic carbocycles. The minimum atomic E-state index is -0.707. The van der Waals surface area contributed by atoms with Gasteiger partial charge in [0.15, 0.2) is 11.5 Å². The number of benzene rings is 1. The van der Waals surface area contributed by atoms with Gasteiger partial charge in [-0.05, 0) is 23.6 Å². The van der Waals surface area contributed by atoms with Crippen molar-refractivity contribution in [3.8, 4) is 11.1 Å². The molecule has 1 fully saturated rings. The van der Waals surface area contributed by atoms with Crippen LogP contribution in [0.1, 0.15) is 16.9 Å². The SMILES string of the molecule is NC(=O)c1nnc(N[C@@H]2CCOC[C@@H]2N)nc1Nc1cc(-c2ccccc2)cs1. The van der Waals surface area contributed by atoms with Gasteiger partial charge in [-0.1, -0.05) is 30.3 Å². The van der Waals surface area contributed by atoms with Crippen LogP contribution in [0.2, 0.25) is 0 Å². The van der Waals surface area contributed by atoms with Crippen LogP contribution in [0.3, 0.4) is 0 Å². The Bertz CT molecular complexity index is 995. The van der Waals surface area contributed by atoms with Crippen molar-refractivity contribution in [3.05, 3.63) is 47.5 Å². The molecular formula is C19H21N7O2S. The van der Waals surface area contributed by atoms with Crippen molar-refractivity contribution in [2.24, 2.45) is 11.5 Å². The highest BCUT2D eigenvalue weighted by atomic mass is 32.1. The van der Waals surface area contributed by atoms with E-state index in [0.717, 1.165) is 22.5 Å². The van der Waals surface area contributed by atoms with E-state index in [2.05, 4.69) is 25.8 Å². The molecule has 6 N–H and O–H groups in total. The van der Waals surface area contributed by atoms with Gasteiger partial charge in [-0.2, -0.15) is 4.98 Å². The number of ether oxygens (including phenoxy) is 1. The number of thiophene rings is 1. The number of hydrogen-bond acceptors (Lipinski definition) is 9. The molecule has 9 nitrogen and oxygen atoms in total. The van der Waals surface area contributed by atoms with Crippen LogP contribution in [0.15, 0.2) is 41.8 Å². The third kappa shape index (κ3) is 4.50. The average Bonchev–Trinajstić information content (AvgIpc) is 3.19. The quantitative estimate of drug-likeness (QED) is 0.482. The normalized spacial score (nSPS) is 18.9. The zero-order chi connectivity index (χ0) is 20.2. The van der Waals surface area contributed by atoms with Gasteiger partial charge in [-0.25, -0.2) is 0 Å². The lowest BCUT2D eigenvalue weighted by molar-refractivity contribution is 0.0751. The maximum absolute atomic E-state index is 11.8. The minimum absolute atomic E-state index is 0.0264. The summed E-state index contributed by atoms with van der Waals surface area (Å²) >= 11 is 1.49. The molecule has 10 heteroatoms. The van der Waals surface area contributed by atoms with Gasteiger partial charge in [-0.15, -0.1) is 21.5 Å². The van der Waals surface area contributed by atoms with E-state index in [0.29, 0.717) is 13.2 Å². The molecule has 3 aromatic rings. The first kappa shape index (κ1) is 19.2. The number of nitrogens with one attached hydrogen (secondary N) is 2. The predicted octanol–water partition coefficient (Wildman–Crippen LogP) is 1.97. The van der Waals surface area contributed by atoms with Crippen molar-refractivity contribution in [3.63, 3.8) is 0 Å². The number of rotatable bonds is 6. The third-order valence-corrected chi connectivity index (χ3v) is 5.43. The molecule has 1 aliphatic rings. The number of aromatic nitrogens is 3. The molecule has 0 unspecified atom stereocenters. The molecule has 150 valence electrons. The summed E-state index contributed by atoms with van der Waals surface area (Å²) in [6, 6.07) is 11.8. The second-order valence-corrected chi connectivity index (χ2v) is 7.58. The van der Waals surface area contributed by atoms with E-state index in [9.17, 15) is 4.79 Å². The summed E-state index contributed by atoms with van der Waals surface area (Å²) in [5.41, 5.74) is 13.7. The lowest BCUT2D eigenvalue weighted by Gasteiger charge is -2.29. The number of nitrogens with two attached hydrogens (primary N) is 2. The van der Waals surface area contributed by atoms with Crippen LogP contribution in [0.25, 0.3) is 11.1 Å². The average molecular weight is 411 g/mol. The summed E-state index contributed by atoms with van der Waals surface area (Å²) < 4.78 is 5.35. The fraction of sp³-hybridized carbons (Fsp3) is 0.263. The van der Waals surface area contributed by atoms with E-state index >= 15 is 0 Å². The third-order valence-electron chi connectivity index (χ3n) is 4.58. The van der Waals surface area contributed by atoms with Crippen LogP contribution in [-0.2, 0) is 4.74 Å². The van der Waals surface area contributed by atoms with E-state index in [-0.39, 0.29) is 29.5 Å². The summed E-state index contributed by atoms with van der Waals surface area (Å²) in [7, 11) is 0. The standard InChI is InChI=1S/C19H21N7O2S/c20-13-9-28-7-6-14(13)22-19-24-18(16(17(21)27)25-26-19)23-15-8-12(10-29-15)11-4-2-1-3-5-11/h1-5,8,10,13-14H,6-7,9,20H2,(H2,21,27)(H2,22,23,24,26)/t13-,14+/m0/s1. The number of nitrogens with zero attached hydrogens (tertiary/aromatic N) is 3. The Balaban J connectivity index is 1.57. The lowest BCUT2D eigenvalue weighted by Crippen LogP contribution is -2.48. The van der Waals surface area contributed by atoms with E-state index in [1.165, 1.54) is 11.3 Å². The van der Waals surface area contributed by atoms with Crippen molar-refractivity contribution < 1.29 is 9.53 Å². The lowest BCUT2D eigenvalue weighted by atomic mass is 10.1. The molecule has 4 rings (SSSR count). The van der Waals surface area contributed by atoms with Crippen LogP contribution in [0.5, 0.6) is 0 Å². The minimum Gasteiger partial charge on any atom is -0.380 e. The first-order valence-electron chi connectivity index (χ1n) is 9.15. The molecule has 1 amide bonds. The summed E-state index contributed by atoms with van der Waals surface area (Å²) in [5, 5.41) is 17.1. The van der Waals surface area contributed by atoms with Crippen LogP contribution in [0.4, 0.5) is 16.8 Å². The Kier molecular flexibility index (Phi) is 5.65. The molecule has 1 saturated heterocycles. The molecule has 0 radical (unpaired) electrons. The largest absolute Gasteiger partial charge is 0.380 e. The molecule has 0 saturated carbocycles. The second kappa shape index (κ2) is 8.52. The van der Waals surface area contributed by atoms with Crippen LogP contribution < -0.4 is 22.1 Å². The van der Waals surface area contributed by atoms with Gasteiger partial charge in [0.1, 0.15) is 0 Å². The highest BCUT2D eigenvalue weighted by Gasteiger charge is 2.24. The van der Waals surface area contributed by atoms with Gasteiger partial charge < -0.3 is 26.8 Å². The predicted molar refractivity (Wildman–Crippen MR) is 112 cm³/mol. The smallest absolute Gasteiger partial charge is 0.273 e. The number of primary amides is 1. The topological polar surface area (TPSA) is 141 Å². The number of carbonyl (C=O) groups is 1. The maximum atomic E-state index is 11.8. The number of anilines is 3. The highest BCUT2D eigenvalue weighted by Crippen LogP contribution is 2.31. The monoisotopic (exact) mass is 411 g/mol. The first-order chi connectivity index (χ1) is 14.1. The van der Waals surface area contributed by atoms with Gasteiger partial charge >= 0.3 is 0 Å². The zero-order valence-electron chi connectivity index (χ0n) is 15.5. The van der Waals surface area contributed by atoms with E-state index in [1.54, 1.807) is 0 Å². The molecular weight excluding hydrogens is 390 g/mol. The van der Waals surface area contributed by atoms with Gasteiger partial charge in [0.25, 0.3) is 5.91 Å². The first-order valence-corrected chi connectivity index (χ1v) is 10.0. The van der Waals surface area contributed by atoms with Crippen molar-refractivity contribution in [1.29, 1.82) is 0 Å². The van der Waals surface area contributed by atoms with Crippen molar-refractivity contribution in [1.82, 2.24) is 15.2 Å². The Morgan fingerprint density at radius 2 is 2.03 bits per heavy atom. The molecule has 29 heavy (non-hydrogen) atoms. The van der Waals surface area contributed by atoms with Crippen LogP contribution in [-0.4, -0.2) is 46.4 Å². The fourth-order valence-electron chi connectivity index (χ4n) is 3.05. The van der Waals surface area contributed by atoms with Crippen LogP contribution in [0, 0.1) is 0 Å². The van der Waals surface area contributed by atoms with Crippen LogP contribution >= 0.6 is 11.3 Å². The molecule has 0 bridgehead atoms. The summed E-state index contributed by atoms with van der Waals surface area (Å²) in [5.74, 6) is -0.182. The van der Waals surface area contributed by atoms with Crippen molar-refractivity contribution in [2.45, 2.75) is 18.5 Å². The Hall–Kier alpha value is -3.08. The van der Waals surface area contributed by atoms with E-state index in [1.807, 2.05) is 41.8 Å². The highest BCUT2D eigenvalue weighted by molar-refractivity contribution is 7.14. The van der Waals surface area contributed by atoms with Gasteiger partial charge in [0, 0.05) is 24.1 Å². The van der Waals surface area contributed by atoms with Gasteiger partial charge in [0.2, 0.25) is 5.95 Å². The molecule has 1 aromatic carbocycles. The summed E-state index contributed by atoms with van der Waals surface area (Å²) in [4.78, 5) is 16.2. The Morgan fingerprint density at radius 1 is 1.21 bits per heavy atom. The Morgan fingerprint density at radius 3 is 2.79 bits per heavy atom. The number of carbonyl (C=O) groups excluding carboxylic acids is 1. The fourth-order valence-corrected chi connectivity index (χ4v) is 3.85. The summed E-state index contributed by atoms with van der Waals surface area (Å²) in [6.45, 7) is 1.08.